The van der Waals surface area contributed by atoms with Gasteiger partial charge in [-0.15, -0.1) is 0 Å². The highest BCUT2D eigenvalue weighted by Crippen LogP contribution is 2.34. The Balaban J connectivity index is 1.23. The number of hydrogen-bond acceptors (Lipinski definition) is 6. The average Bonchev–Trinajstić information content (AvgIpc) is 3.62. The number of anilines is 1. The fraction of sp³-hybridized carbons (Fsp3) is 0.200. The second-order valence-corrected chi connectivity index (χ2v) is 10.00. The Bertz CT molecular complexity index is 1800. The number of H-pyrrole nitrogens is 2. The highest BCUT2D eigenvalue weighted by atomic mass is 16.1. The third kappa shape index (κ3) is 4.41. The van der Waals surface area contributed by atoms with Crippen molar-refractivity contribution >= 4 is 33.5 Å². The van der Waals surface area contributed by atoms with Gasteiger partial charge < -0.3 is 10.3 Å². The number of amides is 1. The van der Waals surface area contributed by atoms with Gasteiger partial charge in [-0.1, -0.05) is 25.3 Å². The molecule has 0 radical (unpaired) electrons. The molecule has 0 spiro atoms. The number of carbonyl (C=O) groups excluding carboxylic acids is 1. The maximum atomic E-state index is 12.8. The molecule has 0 aliphatic heterocycles. The summed E-state index contributed by atoms with van der Waals surface area (Å²) in [4.78, 5) is 34.3. The lowest BCUT2D eigenvalue weighted by Crippen LogP contribution is -2.24. The van der Waals surface area contributed by atoms with E-state index in [4.69, 9.17) is 0 Å². The van der Waals surface area contributed by atoms with Gasteiger partial charge >= 0.3 is 0 Å². The summed E-state index contributed by atoms with van der Waals surface area (Å²) in [5, 5.41) is 12.5. The predicted octanol–water partition coefficient (Wildman–Crippen LogP) is 6.14. The minimum atomic E-state index is 0.0812. The summed E-state index contributed by atoms with van der Waals surface area (Å²) in [6.07, 6.45) is 14.2. The minimum absolute atomic E-state index is 0.0812. The first-order valence-corrected chi connectivity index (χ1v) is 13.2. The first-order chi connectivity index (χ1) is 19.2. The van der Waals surface area contributed by atoms with Crippen LogP contribution in [0.15, 0.2) is 73.4 Å². The van der Waals surface area contributed by atoms with E-state index in [1.54, 1.807) is 31.0 Å². The fourth-order valence-corrected chi connectivity index (χ4v) is 5.43. The Morgan fingerprint density at radius 2 is 1.74 bits per heavy atom. The van der Waals surface area contributed by atoms with Crippen LogP contribution in [0, 0.1) is 5.92 Å². The van der Waals surface area contributed by atoms with Crippen LogP contribution in [-0.2, 0) is 4.79 Å². The zero-order valence-electron chi connectivity index (χ0n) is 21.2. The van der Waals surface area contributed by atoms with E-state index < -0.39 is 0 Å². The Morgan fingerprint density at radius 3 is 2.62 bits per heavy atom. The molecule has 3 N–H and O–H groups in total. The van der Waals surface area contributed by atoms with Crippen molar-refractivity contribution in [1.29, 1.82) is 0 Å². The molecule has 6 heterocycles. The average molecular weight is 515 g/mol. The third-order valence-electron chi connectivity index (χ3n) is 7.44. The lowest BCUT2D eigenvalue weighted by Gasteiger charge is -2.20. The first-order valence-electron chi connectivity index (χ1n) is 13.2. The topological polar surface area (TPSA) is 125 Å². The van der Waals surface area contributed by atoms with Crippen LogP contribution in [0.4, 0.5) is 5.69 Å². The molecule has 1 amide bonds. The molecule has 0 bridgehead atoms. The van der Waals surface area contributed by atoms with Crippen molar-refractivity contribution in [3.8, 4) is 33.9 Å². The van der Waals surface area contributed by atoms with Gasteiger partial charge in [0.15, 0.2) is 5.65 Å². The highest BCUT2D eigenvalue weighted by Gasteiger charge is 2.21. The van der Waals surface area contributed by atoms with Crippen LogP contribution in [-0.4, -0.2) is 41.0 Å². The summed E-state index contributed by atoms with van der Waals surface area (Å²) in [5.41, 5.74) is 7.33. The molecule has 9 nitrogen and oxygen atoms in total. The SMILES string of the molecule is O=C(Nc1cncc(-c2cnc3[nH]nc(-c4cc5c(-c6ccccn6)nccc5[nH]4)c3c2)c1)C1CCCCC1. The Labute approximate surface area is 224 Å². The van der Waals surface area contributed by atoms with Crippen LogP contribution < -0.4 is 5.32 Å². The summed E-state index contributed by atoms with van der Waals surface area (Å²) in [7, 11) is 0. The molecule has 192 valence electrons. The number of rotatable bonds is 5. The van der Waals surface area contributed by atoms with Crippen molar-refractivity contribution in [1.82, 2.24) is 35.1 Å². The monoisotopic (exact) mass is 514 g/mol. The molecule has 1 aliphatic carbocycles. The van der Waals surface area contributed by atoms with Crippen molar-refractivity contribution in [3.05, 3.63) is 73.4 Å². The second-order valence-electron chi connectivity index (χ2n) is 10.00. The molecule has 1 fully saturated rings. The number of nitrogens with zero attached hydrogens (tertiary/aromatic N) is 5. The van der Waals surface area contributed by atoms with Crippen molar-refractivity contribution in [2.24, 2.45) is 5.92 Å². The van der Waals surface area contributed by atoms with Gasteiger partial charge in [-0.2, -0.15) is 5.10 Å². The summed E-state index contributed by atoms with van der Waals surface area (Å²) in [6.45, 7) is 0. The summed E-state index contributed by atoms with van der Waals surface area (Å²) >= 11 is 0. The molecule has 0 saturated heterocycles. The van der Waals surface area contributed by atoms with Gasteiger partial charge in [0.1, 0.15) is 5.69 Å². The maximum absolute atomic E-state index is 12.8. The van der Waals surface area contributed by atoms with Crippen molar-refractivity contribution in [2.75, 3.05) is 5.32 Å². The van der Waals surface area contributed by atoms with Crippen LogP contribution in [0.2, 0.25) is 0 Å². The highest BCUT2D eigenvalue weighted by molar-refractivity contribution is 5.99. The summed E-state index contributed by atoms with van der Waals surface area (Å²) < 4.78 is 0. The molecule has 1 aliphatic rings. The number of aromatic nitrogens is 7. The minimum Gasteiger partial charge on any atom is -0.353 e. The van der Waals surface area contributed by atoms with Crippen molar-refractivity contribution < 1.29 is 4.79 Å². The summed E-state index contributed by atoms with van der Waals surface area (Å²) in [6, 6.07) is 13.8. The Kier molecular flexibility index (Phi) is 5.81. The zero-order valence-corrected chi connectivity index (χ0v) is 21.2. The largest absolute Gasteiger partial charge is 0.353 e. The molecular weight excluding hydrogens is 488 g/mol. The van der Waals surface area contributed by atoms with Crippen molar-refractivity contribution in [2.45, 2.75) is 32.1 Å². The molecule has 0 aromatic carbocycles. The fourth-order valence-electron chi connectivity index (χ4n) is 5.43. The normalized spacial score (nSPS) is 14.2. The van der Waals surface area contributed by atoms with E-state index in [9.17, 15) is 4.79 Å². The van der Waals surface area contributed by atoms with E-state index in [1.807, 2.05) is 36.4 Å². The quantitative estimate of drug-likeness (QED) is 0.254. The molecule has 0 unspecified atom stereocenters. The van der Waals surface area contributed by atoms with Crippen LogP contribution in [0.5, 0.6) is 0 Å². The lowest BCUT2D eigenvalue weighted by atomic mass is 9.88. The molecule has 7 rings (SSSR count). The number of nitrogens with one attached hydrogen (secondary N) is 3. The molecular formula is C30H26N8O. The number of carbonyl (C=O) groups is 1. The Morgan fingerprint density at radius 1 is 0.846 bits per heavy atom. The van der Waals surface area contributed by atoms with Gasteiger partial charge in [-0.3, -0.25) is 24.8 Å². The molecule has 6 aromatic rings. The van der Waals surface area contributed by atoms with Crippen LogP contribution in [0.3, 0.4) is 0 Å². The van der Waals surface area contributed by atoms with E-state index in [-0.39, 0.29) is 11.8 Å². The zero-order chi connectivity index (χ0) is 26.2. The van der Waals surface area contributed by atoms with Gasteiger partial charge in [0.05, 0.1) is 29.0 Å². The van der Waals surface area contributed by atoms with E-state index in [0.717, 1.165) is 75.9 Å². The van der Waals surface area contributed by atoms with Gasteiger partial charge in [-0.05, 0) is 49.2 Å². The Hall–Kier alpha value is -4.92. The number of fused-ring (bicyclic) bond motifs is 2. The van der Waals surface area contributed by atoms with Gasteiger partial charge in [0, 0.05) is 58.1 Å². The lowest BCUT2D eigenvalue weighted by molar-refractivity contribution is -0.120. The van der Waals surface area contributed by atoms with Gasteiger partial charge in [0.2, 0.25) is 5.91 Å². The molecule has 39 heavy (non-hydrogen) atoms. The van der Waals surface area contributed by atoms with E-state index in [0.29, 0.717) is 11.3 Å². The smallest absolute Gasteiger partial charge is 0.227 e. The standard InChI is InChI=1S/C30H26N8O/c39-30(18-6-2-1-3-7-18)35-21-12-19(15-31-17-21)20-13-23-28(37-38-29(23)34-16-20)26-14-22-24(36-26)9-11-33-27(22)25-8-4-5-10-32-25/h4-5,8-18,36H,1-3,6-7H2,(H,35,39)(H,34,37,38). The van der Waals surface area contributed by atoms with E-state index >= 15 is 0 Å². The second kappa shape index (κ2) is 9.75. The van der Waals surface area contributed by atoms with E-state index in [1.165, 1.54) is 6.42 Å². The molecule has 6 aromatic heterocycles. The van der Waals surface area contributed by atoms with Crippen molar-refractivity contribution in [3.63, 3.8) is 0 Å². The number of pyridine rings is 4. The molecule has 1 saturated carbocycles. The van der Waals surface area contributed by atoms with Crippen LogP contribution in [0.25, 0.3) is 55.8 Å². The third-order valence-corrected chi connectivity index (χ3v) is 7.44. The molecule has 0 atom stereocenters. The number of hydrogen-bond donors (Lipinski definition) is 3. The van der Waals surface area contributed by atoms with Gasteiger partial charge in [0.25, 0.3) is 0 Å². The first kappa shape index (κ1) is 23.2. The maximum Gasteiger partial charge on any atom is 0.227 e. The van der Waals surface area contributed by atoms with Gasteiger partial charge in [-0.25, -0.2) is 4.98 Å². The van der Waals surface area contributed by atoms with Crippen LogP contribution in [0.1, 0.15) is 32.1 Å². The molecule has 9 heteroatoms. The van der Waals surface area contributed by atoms with E-state index in [2.05, 4.69) is 46.5 Å². The number of aromatic amines is 2. The van der Waals surface area contributed by atoms with Crippen LogP contribution >= 0.6 is 0 Å². The predicted molar refractivity (Wildman–Crippen MR) is 151 cm³/mol. The summed E-state index contributed by atoms with van der Waals surface area (Å²) in [5.74, 6) is 0.163.